The highest BCUT2D eigenvalue weighted by Crippen LogP contribution is 2.22. The molecule has 23 heavy (non-hydrogen) atoms. The van der Waals surface area contributed by atoms with Gasteiger partial charge < -0.3 is 19.7 Å². The number of aromatic amines is 1. The third-order valence-corrected chi connectivity index (χ3v) is 4.60. The third kappa shape index (κ3) is 4.10. The van der Waals surface area contributed by atoms with Crippen molar-refractivity contribution in [1.29, 1.82) is 0 Å². The molecule has 0 amide bonds. The largest absolute Gasteiger partial charge is 0.503 e. The molecule has 3 heterocycles. The van der Waals surface area contributed by atoms with E-state index in [-0.39, 0.29) is 11.2 Å². The molecule has 0 spiro atoms. The molecule has 3 rings (SSSR count). The zero-order valence-corrected chi connectivity index (χ0v) is 13.8. The monoisotopic (exact) mass is 336 g/mol. The molecule has 0 radical (unpaired) electrons. The number of hydrogen-bond acceptors (Lipinski definition) is 7. The predicted octanol–water partition coefficient (Wildman–Crippen LogP) is 1.01. The summed E-state index contributed by atoms with van der Waals surface area (Å²) in [5, 5.41) is 12.4. The number of hydrogen-bond donors (Lipinski definition) is 2. The first-order valence-corrected chi connectivity index (χ1v) is 8.36. The van der Waals surface area contributed by atoms with Gasteiger partial charge in [0.1, 0.15) is 0 Å². The van der Waals surface area contributed by atoms with Crippen LogP contribution in [0.3, 0.4) is 0 Å². The Morgan fingerprint density at radius 3 is 2.96 bits per heavy atom. The molecular weight excluding hydrogens is 316 g/mol. The Bertz CT molecular complexity index is 709. The number of morpholine rings is 1. The van der Waals surface area contributed by atoms with Crippen LogP contribution in [-0.4, -0.2) is 53.3 Å². The fourth-order valence-corrected chi connectivity index (χ4v) is 3.36. The van der Waals surface area contributed by atoms with Gasteiger partial charge in [0.05, 0.1) is 18.9 Å². The van der Waals surface area contributed by atoms with Crippen LogP contribution in [0.5, 0.6) is 5.75 Å². The van der Waals surface area contributed by atoms with Gasteiger partial charge in [-0.05, 0) is 7.05 Å². The van der Waals surface area contributed by atoms with E-state index in [2.05, 4.69) is 25.1 Å². The van der Waals surface area contributed by atoms with E-state index >= 15 is 0 Å². The summed E-state index contributed by atoms with van der Waals surface area (Å²) in [7, 11) is 1.97. The number of thiazole rings is 1. The molecule has 1 saturated heterocycles. The number of pyridine rings is 1. The van der Waals surface area contributed by atoms with Crippen LogP contribution in [-0.2, 0) is 17.8 Å². The maximum Gasteiger partial charge on any atom is 0.223 e. The number of nitrogens with one attached hydrogen (secondary N) is 1. The van der Waals surface area contributed by atoms with Crippen LogP contribution in [0.25, 0.3) is 0 Å². The molecule has 1 fully saturated rings. The van der Waals surface area contributed by atoms with Crippen molar-refractivity contribution in [2.24, 2.45) is 0 Å². The molecule has 1 aliphatic rings. The van der Waals surface area contributed by atoms with Gasteiger partial charge in [-0.15, -0.1) is 11.3 Å². The van der Waals surface area contributed by atoms with E-state index in [4.69, 9.17) is 4.74 Å². The molecule has 2 aromatic rings. The summed E-state index contributed by atoms with van der Waals surface area (Å²) >= 11 is 1.65. The van der Waals surface area contributed by atoms with Crippen LogP contribution < -0.4 is 10.3 Å². The average Bonchev–Trinajstić information content (AvgIpc) is 3.00. The van der Waals surface area contributed by atoms with Gasteiger partial charge in [0.2, 0.25) is 5.43 Å². The Morgan fingerprint density at radius 2 is 2.22 bits per heavy atom. The summed E-state index contributed by atoms with van der Waals surface area (Å²) in [4.78, 5) is 23.4. The molecule has 7 nitrogen and oxygen atoms in total. The molecule has 8 heteroatoms. The zero-order chi connectivity index (χ0) is 16.2. The van der Waals surface area contributed by atoms with Crippen LogP contribution >= 0.6 is 11.3 Å². The standard InChI is InChI=1S/C15H20N4O3S/c1-18(8-11-6-13(20)14(21)7-16-11)9-12-10-23-15(17-12)19-2-4-22-5-3-19/h6-7,10,21H,2-5,8-9H2,1H3,(H,16,20). The molecule has 0 aromatic carbocycles. The van der Waals surface area contributed by atoms with Gasteiger partial charge in [-0.1, -0.05) is 0 Å². The molecule has 124 valence electrons. The van der Waals surface area contributed by atoms with Gasteiger partial charge in [-0.2, -0.15) is 0 Å². The van der Waals surface area contributed by atoms with Crippen molar-refractivity contribution in [3.05, 3.63) is 39.3 Å². The number of H-pyrrole nitrogens is 1. The molecule has 2 aromatic heterocycles. The van der Waals surface area contributed by atoms with E-state index in [1.54, 1.807) is 11.3 Å². The Morgan fingerprint density at radius 1 is 1.43 bits per heavy atom. The van der Waals surface area contributed by atoms with E-state index in [9.17, 15) is 9.90 Å². The Hall–Kier alpha value is -1.90. The van der Waals surface area contributed by atoms with Gasteiger partial charge in [0, 0.05) is 49.5 Å². The first-order valence-electron chi connectivity index (χ1n) is 7.48. The van der Waals surface area contributed by atoms with Crippen molar-refractivity contribution in [3.63, 3.8) is 0 Å². The average molecular weight is 336 g/mol. The Kier molecular flexibility index (Phi) is 4.94. The van der Waals surface area contributed by atoms with E-state index in [1.165, 1.54) is 12.3 Å². The molecular formula is C15H20N4O3S. The van der Waals surface area contributed by atoms with Crippen molar-refractivity contribution in [3.8, 4) is 5.75 Å². The second-order valence-corrected chi connectivity index (χ2v) is 6.44. The number of aromatic hydroxyl groups is 1. The number of rotatable bonds is 5. The van der Waals surface area contributed by atoms with E-state index < -0.39 is 0 Å². The van der Waals surface area contributed by atoms with Gasteiger partial charge >= 0.3 is 0 Å². The first kappa shape index (κ1) is 16.0. The second kappa shape index (κ2) is 7.12. The van der Waals surface area contributed by atoms with Gasteiger partial charge in [0.25, 0.3) is 0 Å². The summed E-state index contributed by atoms with van der Waals surface area (Å²) in [5.41, 5.74) is 1.41. The van der Waals surface area contributed by atoms with Crippen molar-refractivity contribution >= 4 is 16.5 Å². The molecule has 2 N–H and O–H groups in total. The predicted molar refractivity (Wildman–Crippen MR) is 89.0 cm³/mol. The van der Waals surface area contributed by atoms with E-state index in [1.807, 2.05) is 7.05 Å². The summed E-state index contributed by atoms with van der Waals surface area (Å²) in [6.07, 6.45) is 1.32. The van der Waals surface area contributed by atoms with Crippen molar-refractivity contribution < 1.29 is 9.84 Å². The SMILES string of the molecule is CN(Cc1csc(N2CCOCC2)n1)Cc1cc(=O)c(O)c[nH]1. The lowest BCUT2D eigenvalue weighted by Crippen LogP contribution is -2.36. The summed E-state index contributed by atoms with van der Waals surface area (Å²) < 4.78 is 5.36. The number of anilines is 1. The van der Waals surface area contributed by atoms with Crippen molar-refractivity contribution in [2.45, 2.75) is 13.1 Å². The maximum atomic E-state index is 11.4. The van der Waals surface area contributed by atoms with Gasteiger partial charge in [-0.3, -0.25) is 9.69 Å². The number of ether oxygens (including phenoxy) is 1. The molecule has 1 aliphatic heterocycles. The van der Waals surface area contributed by atoms with Gasteiger partial charge in [0.15, 0.2) is 10.9 Å². The lowest BCUT2D eigenvalue weighted by atomic mass is 10.3. The number of nitrogens with zero attached hydrogens (tertiary/aromatic N) is 3. The molecule has 0 bridgehead atoms. The fourth-order valence-electron chi connectivity index (χ4n) is 2.49. The Labute approximate surface area is 138 Å². The van der Waals surface area contributed by atoms with E-state index in [0.717, 1.165) is 42.8 Å². The van der Waals surface area contributed by atoms with Crippen LogP contribution in [0.1, 0.15) is 11.4 Å². The number of aromatic nitrogens is 2. The topological polar surface area (TPSA) is 81.7 Å². The van der Waals surface area contributed by atoms with Crippen LogP contribution in [0.15, 0.2) is 22.4 Å². The Balaban J connectivity index is 1.59. The molecule has 0 atom stereocenters. The minimum atomic E-state index is -0.365. The summed E-state index contributed by atoms with van der Waals surface area (Å²) in [5.74, 6) is -0.258. The fraction of sp³-hybridized carbons (Fsp3) is 0.467. The molecule has 0 saturated carbocycles. The third-order valence-electron chi connectivity index (χ3n) is 3.65. The molecule has 0 aliphatic carbocycles. The van der Waals surface area contributed by atoms with Crippen LogP contribution in [0.2, 0.25) is 0 Å². The highest BCUT2D eigenvalue weighted by atomic mass is 32.1. The summed E-state index contributed by atoms with van der Waals surface area (Å²) in [6, 6.07) is 1.42. The first-order chi connectivity index (χ1) is 11.1. The minimum absolute atomic E-state index is 0.258. The zero-order valence-electron chi connectivity index (χ0n) is 13.0. The lowest BCUT2D eigenvalue weighted by Gasteiger charge is -2.26. The lowest BCUT2D eigenvalue weighted by molar-refractivity contribution is 0.122. The van der Waals surface area contributed by atoms with Crippen LogP contribution in [0, 0.1) is 0 Å². The quantitative estimate of drug-likeness (QED) is 0.848. The second-order valence-electron chi connectivity index (χ2n) is 5.60. The van der Waals surface area contributed by atoms with Crippen molar-refractivity contribution in [1.82, 2.24) is 14.9 Å². The van der Waals surface area contributed by atoms with E-state index in [0.29, 0.717) is 13.1 Å². The highest BCUT2D eigenvalue weighted by Gasteiger charge is 2.15. The normalized spacial score (nSPS) is 15.3. The molecule has 0 unspecified atom stereocenters. The van der Waals surface area contributed by atoms with Crippen molar-refractivity contribution in [2.75, 3.05) is 38.3 Å². The minimum Gasteiger partial charge on any atom is -0.503 e. The smallest absolute Gasteiger partial charge is 0.223 e. The van der Waals surface area contributed by atoms with Gasteiger partial charge in [-0.25, -0.2) is 4.98 Å². The van der Waals surface area contributed by atoms with Crippen LogP contribution in [0.4, 0.5) is 5.13 Å². The highest BCUT2D eigenvalue weighted by molar-refractivity contribution is 7.13. The summed E-state index contributed by atoms with van der Waals surface area (Å²) in [6.45, 7) is 4.56. The maximum absolute atomic E-state index is 11.4.